The largest absolute Gasteiger partial charge is 0.398 e. The number of halogens is 1. The Kier molecular flexibility index (Phi) is 6.44. The first-order valence-corrected chi connectivity index (χ1v) is 6.67. The number of anilines is 1. The van der Waals surface area contributed by atoms with Crippen LogP contribution in [0, 0.1) is 40.5 Å². The van der Waals surface area contributed by atoms with E-state index in [2.05, 4.69) is 0 Å². The molecule has 14 heteroatoms. The molecule has 0 aliphatic rings. The van der Waals surface area contributed by atoms with Crippen molar-refractivity contribution in [3.63, 3.8) is 0 Å². The highest BCUT2D eigenvalue weighted by molar-refractivity contribution is 6.31. The van der Waals surface area contributed by atoms with Crippen molar-refractivity contribution in [2.24, 2.45) is 0 Å². The molecule has 0 saturated heterocycles. The molecular weight excluding hydrogens is 378 g/mol. The average molecular weight is 386 g/mol. The van der Waals surface area contributed by atoms with Gasteiger partial charge in [0.05, 0.1) is 36.8 Å². The predicted octanol–water partition coefficient (Wildman–Crippen LogP) is 3.24. The standard InChI is InChI=1S/C6H3ClN2O4.C6H5N3O4/c2*7-4-1-5(8(10)11)3-6(2-4)9(12)13/h1-3H;1-3H,7H2. The predicted molar refractivity (Wildman–Crippen MR) is 88.9 cm³/mol. The molecule has 0 aliphatic heterocycles. The number of hydrogen-bond donors (Lipinski definition) is 1. The van der Waals surface area contributed by atoms with Gasteiger partial charge in [-0.05, 0) is 0 Å². The van der Waals surface area contributed by atoms with Crippen molar-refractivity contribution < 1.29 is 19.7 Å². The van der Waals surface area contributed by atoms with Crippen LogP contribution in [-0.4, -0.2) is 19.7 Å². The molecule has 0 atom stereocenters. The van der Waals surface area contributed by atoms with Gasteiger partial charge in [-0.1, -0.05) is 11.6 Å². The van der Waals surface area contributed by atoms with Gasteiger partial charge in [0, 0.05) is 30.0 Å². The van der Waals surface area contributed by atoms with Gasteiger partial charge in [0.15, 0.2) is 0 Å². The molecule has 2 aromatic rings. The molecule has 26 heavy (non-hydrogen) atoms. The molecule has 13 nitrogen and oxygen atoms in total. The van der Waals surface area contributed by atoms with Crippen molar-refractivity contribution in [1.29, 1.82) is 0 Å². The summed E-state index contributed by atoms with van der Waals surface area (Å²) in [7, 11) is 0. The lowest BCUT2D eigenvalue weighted by molar-refractivity contribution is -0.394. The molecule has 0 saturated carbocycles. The second-order valence-corrected chi connectivity index (χ2v) is 4.92. The molecule has 0 fully saturated rings. The maximum absolute atomic E-state index is 10.3. The summed E-state index contributed by atoms with van der Waals surface area (Å²) in [6.45, 7) is 0. The van der Waals surface area contributed by atoms with Crippen molar-refractivity contribution in [2.75, 3.05) is 5.73 Å². The molecule has 2 aromatic carbocycles. The number of nitro groups is 4. The highest BCUT2D eigenvalue weighted by Gasteiger charge is 2.15. The second kappa shape index (κ2) is 8.29. The van der Waals surface area contributed by atoms with Crippen molar-refractivity contribution in [3.05, 3.63) is 81.9 Å². The van der Waals surface area contributed by atoms with E-state index in [4.69, 9.17) is 17.3 Å². The summed E-state index contributed by atoms with van der Waals surface area (Å²) in [6.07, 6.45) is 0. The highest BCUT2D eigenvalue weighted by Crippen LogP contribution is 2.25. The fraction of sp³-hybridized carbons (Fsp3) is 0. The number of nitrogen functional groups attached to an aromatic ring is 1. The van der Waals surface area contributed by atoms with Crippen molar-refractivity contribution in [2.45, 2.75) is 0 Å². The van der Waals surface area contributed by atoms with E-state index in [-0.39, 0.29) is 33.5 Å². The zero-order valence-electron chi connectivity index (χ0n) is 12.5. The maximum Gasteiger partial charge on any atom is 0.278 e. The van der Waals surface area contributed by atoms with E-state index in [1.54, 1.807) is 0 Å². The molecule has 0 amide bonds. The third-order valence-electron chi connectivity index (χ3n) is 2.64. The lowest BCUT2D eigenvalue weighted by Crippen LogP contribution is -1.95. The van der Waals surface area contributed by atoms with E-state index in [0.29, 0.717) is 0 Å². The molecule has 0 heterocycles. The monoisotopic (exact) mass is 385 g/mol. The highest BCUT2D eigenvalue weighted by atomic mass is 35.5. The van der Waals surface area contributed by atoms with Crippen LogP contribution in [0.25, 0.3) is 0 Å². The fourth-order valence-corrected chi connectivity index (χ4v) is 1.82. The fourth-order valence-electron chi connectivity index (χ4n) is 1.60. The molecule has 0 aliphatic carbocycles. The Morgan fingerprint density at radius 3 is 1.15 bits per heavy atom. The summed E-state index contributed by atoms with van der Waals surface area (Å²) in [5.41, 5.74) is 3.68. The van der Waals surface area contributed by atoms with Crippen LogP contribution < -0.4 is 5.73 Å². The van der Waals surface area contributed by atoms with Gasteiger partial charge in [-0.2, -0.15) is 0 Å². The minimum atomic E-state index is -0.737. The van der Waals surface area contributed by atoms with E-state index in [1.165, 1.54) is 0 Å². The summed E-state index contributed by atoms with van der Waals surface area (Å²) < 4.78 is 0. The van der Waals surface area contributed by atoms with E-state index < -0.39 is 19.7 Å². The normalized spacial score (nSPS) is 9.58. The van der Waals surface area contributed by atoms with Crippen LogP contribution >= 0.6 is 11.6 Å². The Bertz CT molecular complexity index is 765. The summed E-state index contributed by atoms with van der Waals surface area (Å²) in [4.78, 5) is 38.1. The van der Waals surface area contributed by atoms with Gasteiger partial charge < -0.3 is 5.73 Å². The van der Waals surface area contributed by atoms with E-state index in [0.717, 1.165) is 36.4 Å². The van der Waals surface area contributed by atoms with Gasteiger partial charge in [-0.25, -0.2) is 0 Å². The number of nitro benzene ring substituents is 4. The van der Waals surface area contributed by atoms with Crippen molar-refractivity contribution in [3.8, 4) is 0 Å². The van der Waals surface area contributed by atoms with Crippen LogP contribution in [-0.2, 0) is 0 Å². The van der Waals surface area contributed by atoms with E-state index in [9.17, 15) is 40.5 Å². The first-order valence-electron chi connectivity index (χ1n) is 6.30. The number of nitrogens with two attached hydrogens (primary N) is 1. The molecule has 0 spiro atoms. The average Bonchev–Trinajstić information content (AvgIpc) is 2.54. The van der Waals surface area contributed by atoms with Crippen LogP contribution in [0.4, 0.5) is 28.4 Å². The Morgan fingerprint density at radius 2 is 0.885 bits per heavy atom. The SMILES string of the molecule is Nc1cc([N+](=O)[O-])cc([N+](=O)[O-])c1.O=[N+]([O-])c1cc(Cl)cc([N+](=O)[O-])c1. The van der Waals surface area contributed by atoms with E-state index >= 15 is 0 Å². The van der Waals surface area contributed by atoms with Crippen LogP contribution in [0.15, 0.2) is 36.4 Å². The molecular formula is C12H8ClN5O8. The van der Waals surface area contributed by atoms with Gasteiger partial charge in [0.1, 0.15) is 0 Å². The summed E-state index contributed by atoms with van der Waals surface area (Å²) in [5, 5.41) is 41.0. The minimum absolute atomic E-state index is 0.000833. The van der Waals surface area contributed by atoms with Crippen molar-refractivity contribution in [1.82, 2.24) is 0 Å². The van der Waals surface area contributed by atoms with Crippen LogP contribution in [0.1, 0.15) is 0 Å². The van der Waals surface area contributed by atoms with Gasteiger partial charge >= 0.3 is 0 Å². The Morgan fingerprint density at radius 1 is 0.615 bits per heavy atom. The minimum Gasteiger partial charge on any atom is -0.398 e. The number of benzene rings is 2. The molecule has 2 rings (SSSR count). The van der Waals surface area contributed by atoms with Crippen LogP contribution in [0.3, 0.4) is 0 Å². The zero-order chi connectivity index (χ0) is 20.0. The van der Waals surface area contributed by atoms with Gasteiger partial charge in [-0.3, -0.25) is 40.5 Å². The smallest absolute Gasteiger partial charge is 0.278 e. The Labute approximate surface area is 148 Å². The Hall–Kier alpha value is -3.87. The maximum atomic E-state index is 10.3. The van der Waals surface area contributed by atoms with Crippen molar-refractivity contribution >= 4 is 40.0 Å². The first-order chi connectivity index (χ1) is 12.0. The number of hydrogen-bond acceptors (Lipinski definition) is 9. The lowest BCUT2D eigenvalue weighted by Gasteiger charge is -1.94. The number of rotatable bonds is 4. The quantitative estimate of drug-likeness (QED) is 0.465. The number of non-ortho nitro benzene ring substituents is 4. The van der Waals surface area contributed by atoms with E-state index in [1.807, 2.05) is 0 Å². The summed E-state index contributed by atoms with van der Waals surface area (Å²) in [6, 6.07) is 5.94. The van der Waals surface area contributed by atoms with Crippen LogP contribution in [0.5, 0.6) is 0 Å². The van der Waals surface area contributed by atoms with Gasteiger partial charge in [0.25, 0.3) is 22.7 Å². The topological polar surface area (TPSA) is 199 Å². The van der Waals surface area contributed by atoms with Gasteiger partial charge in [-0.15, -0.1) is 0 Å². The first kappa shape index (κ1) is 20.2. The second-order valence-electron chi connectivity index (χ2n) is 4.48. The summed E-state index contributed by atoms with van der Waals surface area (Å²) >= 11 is 5.43. The molecule has 136 valence electrons. The third kappa shape index (κ3) is 5.64. The molecule has 0 radical (unpaired) electrons. The summed E-state index contributed by atoms with van der Waals surface area (Å²) in [5.74, 6) is 0. The molecule has 2 N–H and O–H groups in total. The van der Waals surface area contributed by atoms with Gasteiger partial charge in [0.2, 0.25) is 0 Å². The third-order valence-corrected chi connectivity index (χ3v) is 2.85. The molecule has 0 bridgehead atoms. The zero-order valence-corrected chi connectivity index (χ0v) is 13.2. The lowest BCUT2D eigenvalue weighted by atomic mass is 10.2. The molecule has 0 aromatic heterocycles. The Balaban J connectivity index is 0.000000260. The molecule has 0 unspecified atom stereocenters. The number of nitrogens with zero attached hydrogens (tertiary/aromatic N) is 4. The van der Waals surface area contributed by atoms with Crippen LogP contribution in [0.2, 0.25) is 5.02 Å².